The summed E-state index contributed by atoms with van der Waals surface area (Å²) in [4.78, 5) is 41.4. The first-order chi connectivity index (χ1) is 11.6. The van der Waals surface area contributed by atoms with Crippen molar-refractivity contribution in [3.8, 4) is 0 Å². The number of hydrogen-bond donors (Lipinski definition) is 2. The Morgan fingerprint density at radius 2 is 1.88 bits per heavy atom. The number of nitrogens with zero attached hydrogens (tertiary/aromatic N) is 2. The van der Waals surface area contributed by atoms with Gasteiger partial charge < -0.3 is 5.73 Å². The van der Waals surface area contributed by atoms with E-state index in [1.165, 1.54) is 19.1 Å². The van der Waals surface area contributed by atoms with Crippen molar-refractivity contribution in [1.29, 1.82) is 0 Å². The molecule has 2 heterocycles. The molecule has 1 aromatic carbocycles. The molecule has 0 saturated carbocycles. The lowest BCUT2D eigenvalue weighted by atomic mass is 9.39. The lowest BCUT2D eigenvalue weighted by molar-refractivity contribution is -0.136. The molecule has 1 saturated heterocycles. The molecule has 25 heavy (non-hydrogen) atoms. The van der Waals surface area contributed by atoms with E-state index in [0.717, 1.165) is 4.57 Å². The number of imide groups is 1. The molecule has 7 nitrogen and oxygen atoms in total. The lowest BCUT2D eigenvalue weighted by Gasteiger charge is -2.44. The molecule has 1 aliphatic heterocycles. The largest absolute Gasteiger partial charge is 0.398 e. The Labute approximate surface area is 148 Å². The topological polar surface area (TPSA) is 107 Å². The van der Waals surface area contributed by atoms with Crippen molar-refractivity contribution in [2.24, 2.45) is 0 Å². The third-order valence-corrected chi connectivity index (χ3v) is 4.34. The smallest absolute Gasteiger partial charge is 0.264 e. The first kappa shape index (κ1) is 17.4. The van der Waals surface area contributed by atoms with Crippen LogP contribution < -0.4 is 22.1 Å². The molecule has 2 aromatic rings. The number of carbonyl (C=O) groups is 2. The fourth-order valence-electron chi connectivity index (χ4n) is 2.99. The van der Waals surface area contributed by atoms with Crippen molar-refractivity contribution in [3.05, 3.63) is 28.3 Å². The van der Waals surface area contributed by atoms with Gasteiger partial charge in [0.05, 0.1) is 34.4 Å². The fourth-order valence-corrected chi connectivity index (χ4v) is 2.99. The van der Waals surface area contributed by atoms with Gasteiger partial charge in [-0.3, -0.25) is 24.3 Å². The van der Waals surface area contributed by atoms with Crippen molar-refractivity contribution in [2.75, 3.05) is 5.73 Å². The summed E-state index contributed by atoms with van der Waals surface area (Å²) < 4.78 is 0.986. The number of aromatic nitrogens is 2. The van der Waals surface area contributed by atoms with E-state index in [0.29, 0.717) is 0 Å². The van der Waals surface area contributed by atoms with E-state index >= 15 is 0 Å². The number of nitrogens with two attached hydrogens (primary N) is 1. The summed E-state index contributed by atoms with van der Waals surface area (Å²) in [6.07, 6.45) is 0. The Morgan fingerprint density at radius 1 is 1.24 bits per heavy atom. The summed E-state index contributed by atoms with van der Waals surface area (Å²) in [5, 5.41) is 0.0814. The van der Waals surface area contributed by atoms with Gasteiger partial charge in [-0.15, -0.1) is 0 Å². The van der Waals surface area contributed by atoms with Gasteiger partial charge in [-0.25, -0.2) is 4.98 Å². The molecule has 1 aliphatic rings. The molecule has 116 valence electrons. The Bertz CT molecular complexity index is 988. The van der Waals surface area contributed by atoms with Crippen LogP contribution in [0.25, 0.3) is 10.9 Å². The summed E-state index contributed by atoms with van der Waals surface area (Å²) in [7, 11) is 23.5. The number of piperidine rings is 1. The second-order valence-electron chi connectivity index (χ2n) is 6.04. The monoisotopic (exact) mass is 326 g/mol. The molecule has 3 N–H and O–H groups in total. The molecule has 1 aromatic heterocycles. The van der Waals surface area contributed by atoms with E-state index in [9.17, 15) is 14.4 Å². The van der Waals surface area contributed by atoms with E-state index in [1.54, 1.807) is 0 Å². The molecular weight excluding hydrogens is 315 g/mol. The van der Waals surface area contributed by atoms with Gasteiger partial charge in [0, 0.05) is 5.69 Å². The van der Waals surface area contributed by atoms with Crippen LogP contribution in [-0.4, -0.2) is 52.8 Å². The third-order valence-electron chi connectivity index (χ3n) is 4.34. The van der Waals surface area contributed by atoms with Crippen LogP contribution in [0.1, 0.15) is 11.9 Å². The highest BCUT2D eigenvalue weighted by atomic mass is 16.2. The van der Waals surface area contributed by atoms with Gasteiger partial charge in [0.25, 0.3) is 5.56 Å². The van der Waals surface area contributed by atoms with Gasteiger partial charge >= 0.3 is 0 Å². The zero-order valence-electron chi connectivity index (χ0n) is 13.3. The Kier molecular flexibility index (Phi) is 3.85. The lowest BCUT2D eigenvalue weighted by Crippen LogP contribution is -2.55. The van der Waals surface area contributed by atoms with Crippen LogP contribution in [0.3, 0.4) is 0 Å². The van der Waals surface area contributed by atoms with Gasteiger partial charge in [0.2, 0.25) is 11.8 Å². The number of nitrogens with one attached hydrogen (secondary N) is 1. The summed E-state index contributed by atoms with van der Waals surface area (Å²) in [5.74, 6) is -2.97. The summed E-state index contributed by atoms with van der Waals surface area (Å²) in [5.41, 5.74) is 5.81. The van der Waals surface area contributed by atoms with E-state index in [4.69, 9.17) is 37.1 Å². The molecule has 0 aliphatic carbocycles. The van der Waals surface area contributed by atoms with Crippen LogP contribution in [-0.2, 0) is 9.59 Å². The van der Waals surface area contributed by atoms with Crippen LogP contribution in [0.4, 0.5) is 5.69 Å². The number of benzene rings is 1. The summed E-state index contributed by atoms with van der Waals surface area (Å²) in [6, 6.07) is 1.52. The van der Waals surface area contributed by atoms with Crippen LogP contribution in [0.15, 0.2) is 16.9 Å². The number of amides is 2. The van der Waals surface area contributed by atoms with Crippen molar-refractivity contribution >= 4 is 65.3 Å². The van der Waals surface area contributed by atoms with E-state index in [2.05, 4.69) is 10.3 Å². The number of carbonyl (C=O) groups excluding carboxylic acids is 2. The van der Waals surface area contributed by atoms with Crippen molar-refractivity contribution in [3.63, 3.8) is 0 Å². The highest BCUT2D eigenvalue weighted by Crippen LogP contribution is 2.45. The van der Waals surface area contributed by atoms with Gasteiger partial charge in [-0.2, -0.15) is 0 Å². The minimum absolute atomic E-state index is 0.0275. The zero-order chi connectivity index (χ0) is 18.7. The van der Waals surface area contributed by atoms with Crippen molar-refractivity contribution < 1.29 is 9.59 Å². The Balaban J connectivity index is 2.36. The van der Waals surface area contributed by atoms with Gasteiger partial charge in [-0.05, 0) is 18.8 Å². The molecule has 0 spiro atoms. The molecule has 2 atom stereocenters. The molecule has 2 unspecified atom stereocenters. The van der Waals surface area contributed by atoms with E-state index < -0.39 is 34.4 Å². The standard InChI is InChI=1S/C14H10B4N4O3/c1-4-20-8-5(15)2-3-6(19)7(8)13(25)22(4)10-12(24)21-11(23)9(16)14(10,17)18/h2-3,9-10H,19H2,1H3,(H,21,23,24). The number of rotatable bonds is 1. The molecule has 11 heteroatoms. The van der Waals surface area contributed by atoms with Gasteiger partial charge in [-0.1, -0.05) is 16.7 Å². The minimum Gasteiger partial charge on any atom is -0.398 e. The molecular formula is C14H10B4N4O3. The summed E-state index contributed by atoms with van der Waals surface area (Å²) >= 11 is 0. The average Bonchev–Trinajstić information content (AvgIpc) is 2.52. The highest BCUT2D eigenvalue weighted by molar-refractivity contribution is 6.50. The number of fused-ring (bicyclic) bond motifs is 1. The number of anilines is 1. The predicted octanol–water partition coefficient (Wildman–Crippen LogP) is -2.31. The highest BCUT2D eigenvalue weighted by Gasteiger charge is 2.48. The molecule has 3 rings (SSSR count). The maximum Gasteiger partial charge on any atom is 0.264 e. The molecule has 1 fully saturated rings. The first-order valence-electron chi connectivity index (χ1n) is 7.32. The number of aryl methyl sites for hydroxylation is 1. The third kappa shape index (κ3) is 2.41. The Morgan fingerprint density at radius 3 is 2.52 bits per heavy atom. The number of hydrogen-bond acceptors (Lipinski definition) is 5. The number of nitrogen functional groups attached to an aromatic ring is 1. The fraction of sp³-hybridized carbons (Fsp3) is 0.286. The minimum atomic E-state index is -2.00. The Hall–Kier alpha value is -2.44. The van der Waals surface area contributed by atoms with Crippen molar-refractivity contribution in [1.82, 2.24) is 14.9 Å². The maximum absolute atomic E-state index is 13.0. The first-order valence-corrected chi connectivity index (χ1v) is 7.32. The van der Waals surface area contributed by atoms with E-state index in [1.807, 2.05) is 0 Å². The van der Waals surface area contributed by atoms with E-state index in [-0.39, 0.29) is 27.9 Å². The van der Waals surface area contributed by atoms with Crippen LogP contribution in [0.5, 0.6) is 0 Å². The van der Waals surface area contributed by atoms with Gasteiger partial charge in [0.15, 0.2) is 0 Å². The maximum atomic E-state index is 13.0. The average molecular weight is 326 g/mol. The van der Waals surface area contributed by atoms with Gasteiger partial charge in [0.1, 0.15) is 19.7 Å². The van der Waals surface area contributed by atoms with Crippen molar-refractivity contribution in [2.45, 2.75) is 24.0 Å². The molecule has 8 radical (unpaired) electrons. The second-order valence-corrected chi connectivity index (χ2v) is 6.04. The zero-order valence-corrected chi connectivity index (χ0v) is 13.3. The second kappa shape index (κ2) is 5.54. The molecule has 2 amide bonds. The quantitative estimate of drug-likeness (QED) is 0.348. The predicted molar refractivity (Wildman–Crippen MR) is 96.4 cm³/mol. The molecule has 0 bridgehead atoms. The van der Waals surface area contributed by atoms with Crippen LogP contribution >= 0.6 is 0 Å². The van der Waals surface area contributed by atoms with Crippen LogP contribution in [0, 0.1) is 6.92 Å². The van der Waals surface area contributed by atoms with Crippen LogP contribution in [0.2, 0.25) is 11.0 Å². The SMILES string of the molecule is [B]c1ccc(N)c2c(=O)n(C3C(=O)NC(=O)C([B])C3([B])[B])c(C)nc12. The summed E-state index contributed by atoms with van der Waals surface area (Å²) in [6.45, 7) is 1.48. The normalized spacial score (nSPS) is 22.8.